The third kappa shape index (κ3) is 4.24. The zero-order valence-corrected chi connectivity index (χ0v) is 10.8. The van der Waals surface area contributed by atoms with Crippen molar-refractivity contribution < 1.29 is 5.11 Å². The van der Waals surface area contributed by atoms with Crippen molar-refractivity contribution in [3.63, 3.8) is 0 Å². The molecular weight excluding hydrogens is 212 g/mol. The molecule has 0 spiro atoms. The Morgan fingerprint density at radius 3 is 2.71 bits per heavy atom. The standard InChI is InChI=1S/C14H22N2O/c1-3-4-5-6-7-14(12(2)17)16-9-8-13(10-15)11-16/h8-9,11-12,14,17H,3-7H2,1-2H3/t12-,14+/m0/s1. The fourth-order valence-corrected chi connectivity index (χ4v) is 2.11. The average Bonchev–Trinajstić information content (AvgIpc) is 2.77. The Balaban J connectivity index is 2.57. The molecule has 0 aliphatic rings. The SMILES string of the molecule is CCCCCC[C@H]([C@H](C)O)n1ccc(C#N)c1. The molecule has 0 amide bonds. The molecule has 1 N–H and O–H groups in total. The zero-order valence-electron chi connectivity index (χ0n) is 10.8. The molecule has 0 unspecified atom stereocenters. The summed E-state index contributed by atoms with van der Waals surface area (Å²) in [4.78, 5) is 0. The lowest BCUT2D eigenvalue weighted by Gasteiger charge is -2.21. The highest BCUT2D eigenvalue weighted by atomic mass is 16.3. The van der Waals surface area contributed by atoms with Gasteiger partial charge in [-0.2, -0.15) is 5.26 Å². The Kier molecular flexibility index (Phi) is 5.79. The highest BCUT2D eigenvalue weighted by Gasteiger charge is 2.16. The van der Waals surface area contributed by atoms with Crippen LogP contribution >= 0.6 is 0 Å². The normalized spacial score (nSPS) is 14.2. The van der Waals surface area contributed by atoms with Crippen molar-refractivity contribution >= 4 is 0 Å². The summed E-state index contributed by atoms with van der Waals surface area (Å²) in [6, 6.07) is 4.00. The Hall–Kier alpha value is -1.27. The van der Waals surface area contributed by atoms with Crippen molar-refractivity contribution in [2.75, 3.05) is 0 Å². The van der Waals surface area contributed by atoms with Gasteiger partial charge in [-0.3, -0.25) is 0 Å². The first-order valence-corrected chi connectivity index (χ1v) is 6.44. The highest BCUT2D eigenvalue weighted by Crippen LogP contribution is 2.21. The fourth-order valence-electron chi connectivity index (χ4n) is 2.11. The first-order valence-electron chi connectivity index (χ1n) is 6.44. The average molecular weight is 234 g/mol. The number of rotatable bonds is 7. The van der Waals surface area contributed by atoms with Gasteiger partial charge in [-0.25, -0.2) is 0 Å². The minimum Gasteiger partial charge on any atom is -0.391 e. The smallest absolute Gasteiger partial charge is 0.101 e. The van der Waals surface area contributed by atoms with E-state index in [0.29, 0.717) is 5.56 Å². The van der Waals surface area contributed by atoms with E-state index in [-0.39, 0.29) is 12.1 Å². The molecule has 0 aliphatic heterocycles. The summed E-state index contributed by atoms with van der Waals surface area (Å²) in [7, 11) is 0. The molecule has 0 radical (unpaired) electrons. The van der Waals surface area contributed by atoms with E-state index in [1.165, 1.54) is 19.3 Å². The second-order valence-electron chi connectivity index (χ2n) is 4.62. The molecule has 0 saturated heterocycles. The Bertz CT molecular complexity index is 363. The van der Waals surface area contributed by atoms with Gasteiger partial charge in [0.2, 0.25) is 0 Å². The molecule has 0 fully saturated rings. The second-order valence-corrected chi connectivity index (χ2v) is 4.62. The van der Waals surface area contributed by atoms with Crippen LogP contribution in [-0.4, -0.2) is 15.8 Å². The van der Waals surface area contributed by atoms with Crippen molar-refractivity contribution in [1.29, 1.82) is 5.26 Å². The van der Waals surface area contributed by atoms with E-state index in [9.17, 15) is 5.11 Å². The van der Waals surface area contributed by atoms with E-state index in [1.807, 2.05) is 23.9 Å². The number of aromatic nitrogens is 1. The van der Waals surface area contributed by atoms with Crippen LogP contribution in [0.1, 0.15) is 57.6 Å². The lowest BCUT2D eigenvalue weighted by molar-refractivity contribution is 0.123. The van der Waals surface area contributed by atoms with Crippen molar-refractivity contribution in [1.82, 2.24) is 4.57 Å². The van der Waals surface area contributed by atoms with Crippen LogP contribution in [0.5, 0.6) is 0 Å². The lowest BCUT2D eigenvalue weighted by Crippen LogP contribution is -2.20. The number of aliphatic hydroxyl groups excluding tert-OH is 1. The maximum atomic E-state index is 9.80. The van der Waals surface area contributed by atoms with E-state index in [4.69, 9.17) is 5.26 Å². The monoisotopic (exact) mass is 234 g/mol. The van der Waals surface area contributed by atoms with E-state index >= 15 is 0 Å². The minimum absolute atomic E-state index is 0.0916. The molecule has 2 atom stereocenters. The predicted molar refractivity (Wildman–Crippen MR) is 68.6 cm³/mol. The lowest BCUT2D eigenvalue weighted by atomic mass is 10.0. The van der Waals surface area contributed by atoms with Crippen LogP contribution in [-0.2, 0) is 0 Å². The molecule has 94 valence electrons. The molecule has 0 aromatic carbocycles. The number of nitriles is 1. The van der Waals surface area contributed by atoms with Crippen molar-refractivity contribution in [3.05, 3.63) is 24.0 Å². The maximum Gasteiger partial charge on any atom is 0.101 e. The molecule has 0 bridgehead atoms. The highest BCUT2D eigenvalue weighted by molar-refractivity contribution is 5.25. The largest absolute Gasteiger partial charge is 0.391 e. The van der Waals surface area contributed by atoms with Gasteiger partial charge in [-0.05, 0) is 19.4 Å². The van der Waals surface area contributed by atoms with E-state index in [1.54, 1.807) is 6.07 Å². The third-order valence-corrected chi connectivity index (χ3v) is 3.14. The summed E-state index contributed by atoms with van der Waals surface area (Å²) < 4.78 is 1.97. The summed E-state index contributed by atoms with van der Waals surface area (Å²) in [5, 5.41) is 18.6. The number of aliphatic hydroxyl groups is 1. The van der Waals surface area contributed by atoms with Gasteiger partial charge in [-0.1, -0.05) is 32.6 Å². The molecule has 3 heteroatoms. The van der Waals surface area contributed by atoms with Gasteiger partial charge < -0.3 is 9.67 Å². The summed E-state index contributed by atoms with van der Waals surface area (Å²) in [5.74, 6) is 0. The van der Waals surface area contributed by atoms with Crippen LogP contribution in [0.4, 0.5) is 0 Å². The van der Waals surface area contributed by atoms with Crippen LogP contribution < -0.4 is 0 Å². The molecule has 1 heterocycles. The first-order chi connectivity index (χ1) is 8.19. The van der Waals surface area contributed by atoms with Gasteiger partial charge in [0.15, 0.2) is 0 Å². The summed E-state index contributed by atoms with van der Waals surface area (Å²) >= 11 is 0. The van der Waals surface area contributed by atoms with Gasteiger partial charge in [0.05, 0.1) is 17.7 Å². The Morgan fingerprint density at radius 1 is 1.41 bits per heavy atom. The summed E-state index contributed by atoms with van der Waals surface area (Å²) in [6.45, 7) is 4.01. The quantitative estimate of drug-likeness (QED) is 0.736. The van der Waals surface area contributed by atoms with Gasteiger partial charge in [0.25, 0.3) is 0 Å². The molecule has 0 aliphatic carbocycles. The van der Waals surface area contributed by atoms with Crippen LogP contribution in [0.15, 0.2) is 18.5 Å². The molecule has 17 heavy (non-hydrogen) atoms. The second kappa shape index (κ2) is 7.13. The van der Waals surface area contributed by atoms with Crippen molar-refractivity contribution in [3.8, 4) is 6.07 Å². The van der Waals surface area contributed by atoms with E-state index < -0.39 is 0 Å². The van der Waals surface area contributed by atoms with E-state index in [2.05, 4.69) is 13.0 Å². The molecule has 1 aromatic heterocycles. The molecular formula is C14H22N2O. The van der Waals surface area contributed by atoms with Gasteiger partial charge in [0.1, 0.15) is 6.07 Å². The number of hydrogen-bond donors (Lipinski definition) is 1. The van der Waals surface area contributed by atoms with Gasteiger partial charge in [0, 0.05) is 12.4 Å². The van der Waals surface area contributed by atoms with Crippen LogP contribution in [0, 0.1) is 11.3 Å². The van der Waals surface area contributed by atoms with Crippen LogP contribution in [0.2, 0.25) is 0 Å². The predicted octanol–water partition coefficient (Wildman–Crippen LogP) is 3.25. The third-order valence-electron chi connectivity index (χ3n) is 3.14. The van der Waals surface area contributed by atoms with Crippen molar-refractivity contribution in [2.45, 2.75) is 58.1 Å². The number of unbranched alkanes of at least 4 members (excludes halogenated alkanes) is 3. The number of hydrogen-bond acceptors (Lipinski definition) is 2. The van der Waals surface area contributed by atoms with Crippen LogP contribution in [0.3, 0.4) is 0 Å². The molecule has 1 aromatic rings. The van der Waals surface area contributed by atoms with Crippen LogP contribution in [0.25, 0.3) is 0 Å². The minimum atomic E-state index is -0.379. The van der Waals surface area contributed by atoms with Crippen molar-refractivity contribution in [2.24, 2.45) is 0 Å². The Labute approximate surface area is 104 Å². The maximum absolute atomic E-state index is 9.80. The molecule has 1 rings (SSSR count). The topological polar surface area (TPSA) is 49.0 Å². The van der Waals surface area contributed by atoms with Gasteiger partial charge >= 0.3 is 0 Å². The van der Waals surface area contributed by atoms with E-state index in [0.717, 1.165) is 12.8 Å². The zero-order chi connectivity index (χ0) is 12.7. The summed E-state index contributed by atoms with van der Waals surface area (Å²) in [5.41, 5.74) is 0.657. The summed E-state index contributed by atoms with van der Waals surface area (Å²) in [6.07, 6.45) is 9.11. The Morgan fingerprint density at radius 2 is 2.18 bits per heavy atom. The van der Waals surface area contributed by atoms with Gasteiger partial charge in [-0.15, -0.1) is 0 Å². The molecule has 0 saturated carbocycles. The number of nitrogens with zero attached hydrogens (tertiary/aromatic N) is 2. The molecule has 3 nitrogen and oxygen atoms in total. The first kappa shape index (κ1) is 13.8. The fraction of sp³-hybridized carbons (Fsp3) is 0.643.